The van der Waals surface area contributed by atoms with Gasteiger partial charge in [-0.1, -0.05) is 30.3 Å². The Labute approximate surface area is 427 Å². The lowest BCUT2D eigenvalue weighted by Gasteiger charge is -2.27. The highest BCUT2D eigenvalue weighted by Crippen LogP contribution is 2.20. The summed E-state index contributed by atoms with van der Waals surface area (Å²) in [5.41, 5.74) is 29.9. The van der Waals surface area contributed by atoms with Crippen LogP contribution in [0, 0.1) is 11.3 Å². The Hall–Kier alpha value is -8.76. The number of para-hydroxylation sites is 1. The van der Waals surface area contributed by atoms with Gasteiger partial charge in [-0.3, -0.25) is 53.1 Å². The van der Waals surface area contributed by atoms with Gasteiger partial charge in [-0.05, 0) is 81.2 Å². The Balaban J connectivity index is 1.74. The first-order valence-electron chi connectivity index (χ1n) is 24.0. The number of nitrogens with two attached hydrogens (primary N) is 5. The van der Waals surface area contributed by atoms with E-state index in [9.17, 15) is 48.4 Å². The van der Waals surface area contributed by atoms with Crippen molar-refractivity contribution in [1.82, 2.24) is 47.5 Å². The fraction of sp³-hybridized carbons (Fsp3) is 0.458. The topological polar surface area (TPSA) is 444 Å². The molecule has 1 aliphatic rings. The average Bonchev–Trinajstić information content (AvgIpc) is 3.76. The number of aromatic amines is 1. The van der Waals surface area contributed by atoms with Gasteiger partial charge in [-0.15, -0.1) is 0 Å². The van der Waals surface area contributed by atoms with Gasteiger partial charge < -0.3 is 76.2 Å². The number of amides is 9. The van der Waals surface area contributed by atoms with Crippen LogP contribution in [0.2, 0.25) is 0 Å². The second-order valence-corrected chi connectivity index (χ2v) is 17.7. The van der Waals surface area contributed by atoms with Crippen molar-refractivity contribution in [2.24, 2.45) is 38.7 Å². The fourth-order valence-corrected chi connectivity index (χ4v) is 7.90. The first-order chi connectivity index (χ1) is 35.2. The number of nitrogens with zero attached hydrogens (tertiary/aromatic N) is 3. The Bertz CT molecular complexity index is 2590. The van der Waals surface area contributed by atoms with Gasteiger partial charge in [0.2, 0.25) is 53.2 Å². The summed E-state index contributed by atoms with van der Waals surface area (Å²) in [6, 6.07) is 5.96. The number of aromatic nitrogens is 1. The Morgan fingerprint density at radius 2 is 1.38 bits per heavy atom. The van der Waals surface area contributed by atoms with Gasteiger partial charge in [0.1, 0.15) is 42.3 Å². The van der Waals surface area contributed by atoms with Crippen molar-refractivity contribution < 1.29 is 43.2 Å². The predicted molar refractivity (Wildman–Crippen MR) is 272 cm³/mol. The second kappa shape index (κ2) is 28.9. The van der Waals surface area contributed by atoms with Gasteiger partial charge in [0.25, 0.3) is 0 Å². The number of nitriles is 1. The number of fused-ring (bicyclic) bond motifs is 1. The minimum absolute atomic E-state index is 0.0142. The number of carbonyl (C=O) groups is 9. The highest BCUT2D eigenvalue weighted by molar-refractivity contribution is 5.98. The number of nitrogens with one attached hydrogen (secondary N) is 9. The minimum Gasteiger partial charge on any atom is -0.370 e. The summed E-state index contributed by atoms with van der Waals surface area (Å²) < 4.78 is 0. The molecule has 0 spiro atoms. The van der Waals surface area contributed by atoms with E-state index in [4.69, 9.17) is 28.7 Å². The lowest BCUT2D eigenvalue weighted by atomic mass is 10.0. The number of aliphatic imine (C=N–C) groups is 2. The number of H-pyrrole nitrogens is 1. The van der Waals surface area contributed by atoms with Gasteiger partial charge in [0.15, 0.2) is 11.9 Å². The Morgan fingerprint density at radius 3 is 2.04 bits per heavy atom. The maximum atomic E-state index is 14.5. The molecule has 19 N–H and O–H groups in total. The third kappa shape index (κ3) is 19.1. The van der Waals surface area contributed by atoms with E-state index in [1.807, 2.05) is 24.3 Å². The third-order valence-corrected chi connectivity index (χ3v) is 11.8. The molecule has 26 heteroatoms. The highest BCUT2D eigenvalue weighted by atomic mass is 16.2. The summed E-state index contributed by atoms with van der Waals surface area (Å²) in [5, 5.41) is 31.2. The molecule has 0 saturated carbocycles. The molecule has 0 radical (unpaired) electrons. The van der Waals surface area contributed by atoms with Gasteiger partial charge >= 0.3 is 0 Å². The van der Waals surface area contributed by atoms with Crippen LogP contribution in [0.15, 0.2) is 64.7 Å². The van der Waals surface area contributed by atoms with Gasteiger partial charge in [0, 0.05) is 62.9 Å². The van der Waals surface area contributed by atoms with Crippen molar-refractivity contribution in [2.75, 3.05) is 19.6 Å². The molecule has 3 aromatic rings. The van der Waals surface area contributed by atoms with E-state index < -0.39 is 95.5 Å². The van der Waals surface area contributed by atoms with Crippen LogP contribution in [0.3, 0.4) is 0 Å². The molecule has 74 heavy (non-hydrogen) atoms. The molecule has 0 aliphatic carbocycles. The molecular formula is C48H67N17O9. The number of hydrogen-bond acceptors (Lipinski definition) is 12. The quantitative estimate of drug-likeness (QED) is 0.0377. The smallest absolute Gasteiger partial charge is 0.243 e. The number of benzene rings is 2. The minimum atomic E-state index is -1.46. The maximum Gasteiger partial charge on any atom is 0.243 e. The molecular weight excluding hydrogens is 959 g/mol. The van der Waals surface area contributed by atoms with Crippen LogP contribution in [0.5, 0.6) is 0 Å². The molecule has 9 amide bonds. The number of guanidine groups is 2. The predicted octanol–water partition coefficient (Wildman–Crippen LogP) is -3.46. The van der Waals surface area contributed by atoms with Crippen LogP contribution in [0.1, 0.15) is 81.9 Å². The van der Waals surface area contributed by atoms with Gasteiger partial charge in [-0.25, -0.2) is 0 Å². The number of rotatable bonds is 16. The summed E-state index contributed by atoms with van der Waals surface area (Å²) in [4.78, 5) is 134. The van der Waals surface area contributed by atoms with Crippen molar-refractivity contribution >= 4 is 76.0 Å². The van der Waals surface area contributed by atoms with E-state index in [1.165, 1.54) is 26.0 Å². The number of hydrogen-bond donors (Lipinski definition) is 14. The van der Waals surface area contributed by atoms with Gasteiger partial charge in [0.05, 0.1) is 11.6 Å². The standard InChI is InChI=1S/C48H67N17O9/c1-26-41(69)64-37(22-28-13-15-29(24-49)16-14-28)45(73)62-35(12-7-21-57-48(53)54)44(72)65-38(23-30-25-58-32-9-4-3-8-31(30)32)46(74)61-33(40(50)68)10-5-19-55-39(67)18-17-36(42(70)59-26)63-43(71)34(60-27(2)66)11-6-20-56-47(51)52/h3-4,8-9,13-16,25-26,33-38,58H,5-7,10-12,17-23H2,1-2H3,(H2,50,68)(H,55,67)(H,59,70)(H,60,66)(H,61,74)(H,62,73)(H,63,71)(H,64,69)(H,65,72)(H4,51,52,56)(H4,53,54,57)/t26-,33-,34-,35-,36-,37+,38-/m0/s1. The summed E-state index contributed by atoms with van der Waals surface area (Å²) in [6.07, 6.45) is 1.20. The number of carbonyl (C=O) groups excluding carboxylic acids is 9. The molecule has 2 aromatic carbocycles. The lowest BCUT2D eigenvalue weighted by Crippen LogP contribution is -2.60. The molecule has 1 fully saturated rings. The Kier molecular flexibility index (Phi) is 22.6. The van der Waals surface area contributed by atoms with Crippen molar-refractivity contribution in [2.45, 2.75) is 120 Å². The van der Waals surface area contributed by atoms with Gasteiger partial charge in [-0.2, -0.15) is 5.26 Å². The molecule has 1 saturated heterocycles. The van der Waals surface area contributed by atoms with Crippen LogP contribution >= 0.6 is 0 Å². The van der Waals surface area contributed by atoms with Crippen molar-refractivity contribution in [3.05, 3.63) is 71.4 Å². The third-order valence-electron chi connectivity index (χ3n) is 11.8. The van der Waals surface area contributed by atoms with Crippen LogP contribution in [0.25, 0.3) is 10.9 Å². The van der Waals surface area contributed by atoms with Crippen LogP contribution < -0.4 is 71.2 Å². The lowest BCUT2D eigenvalue weighted by molar-refractivity contribution is -0.135. The van der Waals surface area contributed by atoms with Crippen LogP contribution in [0.4, 0.5) is 0 Å². The maximum absolute atomic E-state index is 14.5. The van der Waals surface area contributed by atoms with Crippen molar-refractivity contribution in [3.63, 3.8) is 0 Å². The Morgan fingerprint density at radius 1 is 0.757 bits per heavy atom. The zero-order valence-electron chi connectivity index (χ0n) is 41.3. The van der Waals surface area contributed by atoms with Crippen molar-refractivity contribution in [3.8, 4) is 6.07 Å². The highest BCUT2D eigenvalue weighted by Gasteiger charge is 2.34. The summed E-state index contributed by atoms with van der Waals surface area (Å²) >= 11 is 0. The monoisotopic (exact) mass is 1030 g/mol. The molecule has 398 valence electrons. The molecule has 0 bridgehead atoms. The zero-order valence-corrected chi connectivity index (χ0v) is 41.3. The molecule has 2 heterocycles. The normalized spacial score (nSPS) is 21.1. The molecule has 0 unspecified atom stereocenters. The van der Waals surface area contributed by atoms with Crippen LogP contribution in [-0.2, 0) is 56.0 Å². The van der Waals surface area contributed by atoms with E-state index in [2.05, 4.69) is 57.5 Å². The second-order valence-electron chi connectivity index (χ2n) is 17.7. The van der Waals surface area contributed by atoms with E-state index in [1.54, 1.807) is 24.4 Å². The first-order valence-corrected chi connectivity index (χ1v) is 24.0. The number of primary amides is 1. The summed E-state index contributed by atoms with van der Waals surface area (Å²) in [5.74, 6) is -7.48. The van der Waals surface area contributed by atoms with E-state index in [0.29, 0.717) is 16.7 Å². The summed E-state index contributed by atoms with van der Waals surface area (Å²) in [7, 11) is 0. The SMILES string of the molecule is CC(=O)N[C@@H](CCCN=C(N)N)C(=O)N[C@H]1CCC(=O)NCCC[C@@H](C(N)=O)NC(=O)[C@H](Cc2c[nH]c3ccccc23)NC(=O)[C@H](CCCN=C(N)N)NC(=O)[C@@H](Cc2ccc(C#N)cc2)NC(=O)[C@H](C)NC1=O. The average molecular weight is 1030 g/mol. The largest absolute Gasteiger partial charge is 0.370 e. The van der Waals surface area contributed by atoms with Crippen LogP contribution in [-0.4, -0.2) is 132 Å². The molecule has 4 rings (SSSR count). The summed E-state index contributed by atoms with van der Waals surface area (Å²) in [6.45, 7) is 2.66. The van der Waals surface area contributed by atoms with E-state index in [-0.39, 0.29) is 95.8 Å². The van der Waals surface area contributed by atoms with E-state index >= 15 is 0 Å². The molecule has 7 atom stereocenters. The van der Waals surface area contributed by atoms with Crippen molar-refractivity contribution in [1.29, 1.82) is 5.26 Å². The molecule has 26 nitrogen and oxygen atoms in total. The fourth-order valence-electron chi connectivity index (χ4n) is 7.90. The first kappa shape index (κ1) is 57.8. The van der Waals surface area contributed by atoms with E-state index in [0.717, 1.165) is 10.9 Å². The zero-order chi connectivity index (χ0) is 54.3. The molecule has 1 aromatic heterocycles. The molecule has 1 aliphatic heterocycles.